The molecule has 0 aromatic heterocycles. The van der Waals surface area contributed by atoms with Gasteiger partial charge in [0.2, 0.25) is 0 Å². The zero-order valence-corrected chi connectivity index (χ0v) is 12.9. The van der Waals surface area contributed by atoms with E-state index in [2.05, 4.69) is 4.74 Å². The summed E-state index contributed by atoms with van der Waals surface area (Å²) >= 11 is 1.41. The summed E-state index contributed by atoms with van der Waals surface area (Å²) in [6.07, 6.45) is 1.03. The number of hydrogen-bond acceptors (Lipinski definition) is 7. The van der Waals surface area contributed by atoms with E-state index in [4.69, 9.17) is 5.11 Å². The number of nitrogens with one attached hydrogen (secondary N) is 1. The quantitative estimate of drug-likeness (QED) is 0.634. The summed E-state index contributed by atoms with van der Waals surface area (Å²) < 4.78 is 27.8. The van der Waals surface area contributed by atoms with Gasteiger partial charge in [0.05, 0.1) is 0 Å². The molecule has 1 unspecified atom stereocenters. The van der Waals surface area contributed by atoms with Crippen LogP contribution in [-0.4, -0.2) is 79.2 Å². The van der Waals surface area contributed by atoms with E-state index >= 15 is 0 Å². The molecule has 11 heteroatoms. The summed E-state index contributed by atoms with van der Waals surface area (Å²) in [4.78, 5) is 34.6. The molecule has 1 atom stereocenters. The number of rotatable bonds is 5. The van der Waals surface area contributed by atoms with Crippen molar-refractivity contribution in [3.8, 4) is 0 Å². The molecule has 0 bridgehead atoms. The third-order valence-electron chi connectivity index (χ3n) is 2.54. The first kappa shape index (κ1) is 17.7. The lowest BCUT2D eigenvalue weighted by Gasteiger charge is -2.33. The number of thioether (sulfide) groups is 1. The van der Waals surface area contributed by atoms with Crippen LogP contribution < -0.4 is 5.32 Å². The summed E-state index contributed by atoms with van der Waals surface area (Å²) in [6.45, 7) is -1.05. The second kappa shape index (κ2) is 7.61. The number of hydrogen-bond donors (Lipinski definition) is 2. The van der Waals surface area contributed by atoms with Crippen molar-refractivity contribution in [1.29, 1.82) is 0 Å². The van der Waals surface area contributed by atoms with E-state index in [1.807, 2.05) is 5.32 Å². The van der Waals surface area contributed by atoms with Crippen LogP contribution in [-0.2, 0) is 24.2 Å². The number of nitrogens with zero attached hydrogens (tertiary/aromatic N) is 1. The van der Waals surface area contributed by atoms with Crippen LogP contribution in [0.25, 0.3) is 0 Å². The number of ether oxygens (including phenoxy) is 1. The largest absolute Gasteiger partial charge is 0.480 e. The number of carboxylic acid groups (broad SMARTS) is 1. The standard InChI is InChI=1S/C10H16N2O7S2/c1-21(17,18)8-6-20-3-2-12(8)10(16)11-7(13)4-19-5-9(14)15/h8H,2-6H2,1H3,(H,14,15)(H,11,13,16). The van der Waals surface area contributed by atoms with Gasteiger partial charge >= 0.3 is 12.0 Å². The highest BCUT2D eigenvalue weighted by molar-refractivity contribution is 8.00. The zero-order valence-electron chi connectivity index (χ0n) is 11.3. The highest BCUT2D eigenvalue weighted by Crippen LogP contribution is 2.20. The van der Waals surface area contributed by atoms with E-state index in [-0.39, 0.29) is 12.3 Å². The number of imide groups is 1. The van der Waals surface area contributed by atoms with E-state index in [9.17, 15) is 22.8 Å². The van der Waals surface area contributed by atoms with Crippen LogP contribution >= 0.6 is 11.8 Å². The molecule has 1 aliphatic heterocycles. The van der Waals surface area contributed by atoms with Crippen LogP contribution in [0.2, 0.25) is 0 Å². The van der Waals surface area contributed by atoms with Crippen molar-refractivity contribution in [2.24, 2.45) is 0 Å². The summed E-state index contributed by atoms with van der Waals surface area (Å²) in [5.74, 6) is -1.25. The third kappa shape index (κ3) is 5.89. The smallest absolute Gasteiger partial charge is 0.329 e. The van der Waals surface area contributed by atoms with Crippen LogP contribution in [0.15, 0.2) is 0 Å². The van der Waals surface area contributed by atoms with E-state index < -0.39 is 46.3 Å². The summed E-state index contributed by atoms with van der Waals surface area (Å²) in [5, 5.41) is 9.33. The van der Waals surface area contributed by atoms with Gasteiger partial charge in [-0.3, -0.25) is 10.1 Å². The summed E-state index contributed by atoms with van der Waals surface area (Å²) in [7, 11) is -3.46. The van der Waals surface area contributed by atoms with Crippen molar-refractivity contribution in [2.45, 2.75) is 5.37 Å². The SMILES string of the molecule is CS(=O)(=O)C1CSCCN1C(=O)NC(=O)COCC(=O)O. The Morgan fingerprint density at radius 3 is 2.62 bits per heavy atom. The molecule has 21 heavy (non-hydrogen) atoms. The first-order chi connectivity index (χ1) is 9.71. The summed E-state index contributed by atoms with van der Waals surface area (Å²) in [6, 6.07) is -0.824. The van der Waals surface area contributed by atoms with Crippen molar-refractivity contribution < 1.29 is 32.6 Å². The normalized spacial score (nSPS) is 19.1. The molecule has 1 aliphatic rings. The van der Waals surface area contributed by atoms with E-state index in [1.54, 1.807) is 0 Å². The number of aliphatic carboxylic acids is 1. The lowest BCUT2D eigenvalue weighted by atomic mass is 10.5. The van der Waals surface area contributed by atoms with Gasteiger partial charge in [0.1, 0.15) is 18.6 Å². The van der Waals surface area contributed by atoms with Gasteiger partial charge in [-0.05, 0) is 0 Å². The Balaban J connectivity index is 2.56. The fraction of sp³-hybridized carbons (Fsp3) is 0.700. The van der Waals surface area contributed by atoms with Crippen LogP contribution in [0.4, 0.5) is 4.79 Å². The highest BCUT2D eigenvalue weighted by Gasteiger charge is 2.34. The number of carbonyl (C=O) groups excluding carboxylic acids is 2. The van der Waals surface area contributed by atoms with E-state index in [0.717, 1.165) is 11.2 Å². The fourth-order valence-corrected chi connectivity index (χ4v) is 4.44. The fourth-order valence-electron chi connectivity index (χ4n) is 1.63. The second-order valence-corrected chi connectivity index (χ2v) is 7.65. The predicted molar refractivity (Wildman–Crippen MR) is 74.7 cm³/mol. The molecule has 0 aromatic carbocycles. The molecule has 0 aliphatic carbocycles. The van der Waals surface area contributed by atoms with Crippen molar-refractivity contribution in [3.05, 3.63) is 0 Å². The molecular weight excluding hydrogens is 324 g/mol. The monoisotopic (exact) mass is 340 g/mol. The van der Waals surface area contributed by atoms with E-state index in [1.165, 1.54) is 11.8 Å². The van der Waals surface area contributed by atoms with E-state index in [0.29, 0.717) is 5.75 Å². The Morgan fingerprint density at radius 1 is 1.38 bits per heavy atom. The van der Waals surface area contributed by atoms with Gasteiger partial charge in [-0.2, -0.15) is 11.8 Å². The van der Waals surface area contributed by atoms with Gasteiger partial charge < -0.3 is 14.7 Å². The number of carboxylic acids is 1. The van der Waals surface area contributed by atoms with Gasteiger partial charge in [-0.1, -0.05) is 0 Å². The van der Waals surface area contributed by atoms with Gasteiger partial charge in [-0.25, -0.2) is 18.0 Å². The van der Waals surface area contributed by atoms with Crippen LogP contribution in [0, 0.1) is 0 Å². The topological polar surface area (TPSA) is 130 Å². The Labute approximate surface area is 125 Å². The van der Waals surface area contributed by atoms with Gasteiger partial charge in [-0.15, -0.1) is 0 Å². The average Bonchev–Trinajstić information content (AvgIpc) is 2.37. The Kier molecular flexibility index (Phi) is 6.42. The van der Waals surface area contributed by atoms with Crippen LogP contribution in [0.3, 0.4) is 0 Å². The molecule has 9 nitrogen and oxygen atoms in total. The molecule has 0 aromatic rings. The minimum atomic E-state index is -3.46. The Hall–Kier alpha value is -1.33. The minimum absolute atomic E-state index is 0.206. The average molecular weight is 340 g/mol. The molecular formula is C10H16N2O7S2. The van der Waals surface area contributed by atoms with Crippen molar-refractivity contribution in [3.63, 3.8) is 0 Å². The summed E-state index contributed by atoms with van der Waals surface area (Å²) in [5.41, 5.74) is 0. The molecule has 1 saturated heterocycles. The molecule has 1 heterocycles. The molecule has 2 N–H and O–H groups in total. The molecule has 120 valence electrons. The number of carbonyl (C=O) groups is 3. The van der Waals surface area contributed by atoms with Crippen LogP contribution in [0.5, 0.6) is 0 Å². The number of sulfone groups is 1. The van der Waals surface area contributed by atoms with Crippen molar-refractivity contribution in [2.75, 3.05) is 37.5 Å². The Bertz CT molecular complexity index is 519. The Morgan fingerprint density at radius 2 is 2.05 bits per heavy atom. The number of urea groups is 1. The third-order valence-corrected chi connectivity index (χ3v) is 5.19. The first-order valence-corrected chi connectivity index (χ1v) is 8.99. The molecule has 3 amide bonds. The molecule has 0 radical (unpaired) electrons. The molecule has 0 saturated carbocycles. The zero-order chi connectivity index (χ0) is 16.0. The maximum Gasteiger partial charge on any atom is 0.329 e. The predicted octanol–water partition coefficient (Wildman–Crippen LogP) is -1.26. The van der Waals surface area contributed by atoms with Crippen LogP contribution in [0.1, 0.15) is 0 Å². The minimum Gasteiger partial charge on any atom is -0.480 e. The maximum atomic E-state index is 11.9. The van der Waals surface area contributed by atoms with Crippen molar-refractivity contribution >= 4 is 39.5 Å². The van der Waals surface area contributed by atoms with Gasteiger partial charge in [0, 0.05) is 24.3 Å². The number of amides is 3. The van der Waals surface area contributed by atoms with Gasteiger partial charge in [0.25, 0.3) is 5.91 Å². The second-order valence-electron chi connectivity index (χ2n) is 4.29. The first-order valence-electron chi connectivity index (χ1n) is 5.88. The lowest BCUT2D eigenvalue weighted by Crippen LogP contribution is -2.54. The maximum absolute atomic E-state index is 11.9. The molecule has 0 spiro atoms. The molecule has 1 rings (SSSR count). The molecule has 1 fully saturated rings. The van der Waals surface area contributed by atoms with Gasteiger partial charge in [0.15, 0.2) is 9.84 Å². The lowest BCUT2D eigenvalue weighted by molar-refractivity contribution is -0.143. The highest BCUT2D eigenvalue weighted by atomic mass is 32.2. The van der Waals surface area contributed by atoms with Crippen molar-refractivity contribution in [1.82, 2.24) is 10.2 Å².